The van der Waals surface area contributed by atoms with E-state index in [0.29, 0.717) is 0 Å². The SMILES string of the molecule is [C-]#[N+]C(=C1C(C)=C([N+]#[C-])c2c(C)c3c(c(C(F)F)c21)C(C#N)=C(C(F)(F)F)/C3=C(\C#N)c1cc(C#N)cc([N+]#[C-])c1)c1cc(C#N)cc([N+]#[C-])c1. The quantitative estimate of drug-likeness (QED) is 0.156. The molecule has 0 saturated heterocycles. The van der Waals surface area contributed by atoms with Crippen LogP contribution in [0.25, 0.3) is 53.1 Å². The Labute approximate surface area is 287 Å². The molecule has 5 rings (SSSR count). The molecule has 13 heteroatoms. The number of benzene rings is 3. The Morgan fingerprint density at radius 1 is 0.706 bits per heavy atom. The van der Waals surface area contributed by atoms with Crippen molar-refractivity contribution in [1.82, 2.24) is 0 Å². The van der Waals surface area contributed by atoms with Crippen molar-refractivity contribution < 1.29 is 22.0 Å². The molecule has 8 nitrogen and oxygen atoms in total. The molecule has 0 bridgehead atoms. The van der Waals surface area contributed by atoms with E-state index in [1.54, 1.807) is 12.1 Å². The fourth-order valence-electron chi connectivity index (χ4n) is 6.48. The lowest BCUT2D eigenvalue weighted by atomic mass is 9.82. The summed E-state index contributed by atoms with van der Waals surface area (Å²) in [5.41, 5.74) is -9.87. The van der Waals surface area contributed by atoms with Gasteiger partial charge in [-0.05, 0) is 75.7 Å². The number of alkyl halides is 5. The summed E-state index contributed by atoms with van der Waals surface area (Å²) in [4.78, 5) is 13.6. The fraction of sp³-hybridized carbons (Fsp3) is 0.105. The van der Waals surface area contributed by atoms with Gasteiger partial charge in [0.1, 0.15) is 12.1 Å². The second-order valence-electron chi connectivity index (χ2n) is 11.0. The molecule has 0 N–H and O–H groups in total. The lowest BCUT2D eigenvalue weighted by Crippen LogP contribution is -2.13. The second kappa shape index (κ2) is 12.7. The average Bonchev–Trinajstić information content (AvgIpc) is 3.61. The molecule has 0 aliphatic heterocycles. The van der Waals surface area contributed by atoms with Crippen LogP contribution < -0.4 is 0 Å². The molecular weight excluding hydrogens is 663 g/mol. The molecule has 0 spiro atoms. The Kier molecular flexibility index (Phi) is 8.57. The van der Waals surface area contributed by atoms with Gasteiger partial charge in [0.05, 0.1) is 55.1 Å². The molecule has 0 unspecified atom stereocenters. The minimum Gasteiger partial charge on any atom is -0.238 e. The van der Waals surface area contributed by atoms with E-state index in [-0.39, 0.29) is 67.3 Å². The van der Waals surface area contributed by atoms with Crippen molar-refractivity contribution in [3.05, 3.63) is 149 Å². The first-order valence-electron chi connectivity index (χ1n) is 14.2. The molecule has 2 aliphatic carbocycles. The van der Waals surface area contributed by atoms with Gasteiger partial charge < -0.3 is 0 Å². The minimum atomic E-state index is -5.41. The average molecular weight is 677 g/mol. The Balaban J connectivity index is 2.11. The Morgan fingerprint density at radius 2 is 1.27 bits per heavy atom. The van der Waals surface area contributed by atoms with Gasteiger partial charge in [-0.2, -0.15) is 34.2 Å². The lowest BCUT2D eigenvalue weighted by Gasteiger charge is -2.22. The van der Waals surface area contributed by atoms with Crippen LogP contribution in [0, 0.1) is 78.5 Å². The maximum Gasteiger partial charge on any atom is 0.418 e. The smallest absolute Gasteiger partial charge is 0.238 e. The molecule has 51 heavy (non-hydrogen) atoms. The molecular formula is C38H13F5N8. The van der Waals surface area contributed by atoms with Gasteiger partial charge in [-0.3, -0.25) is 0 Å². The van der Waals surface area contributed by atoms with Crippen molar-refractivity contribution in [3.63, 3.8) is 0 Å². The predicted molar refractivity (Wildman–Crippen MR) is 175 cm³/mol. The van der Waals surface area contributed by atoms with E-state index in [0.717, 1.165) is 18.2 Å². The molecule has 2 aliphatic rings. The zero-order valence-electron chi connectivity index (χ0n) is 26.0. The topological polar surface area (TPSA) is 113 Å². The standard InChI is InChI=1S/C38H13F5N8/c1-17-27-30(26(16-47)34(38(41,42)43)31(27)25(15-46)21-7-19(13-44)9-23(11-21)48-3)33(37(39)40)32-28(17)35(50-5)18(2)29(32)36(51-6)22-8-20(14-45)10-24(12-22)49-4/h7-12,37H,1-2H3/b31-25+,36-29?. The highest BCUT2D eigenvalue weighted by atomic mass is 19.4. The summed E-state index contributed by atoms with van der Waals surface area (Å²) in [6, 6.07) is 13.6. The molecule has 3 aromatic carbocycles. The second-order valence-corrected chi connectivity index (χ2v) is 11.0. The van der Waals surface area contributed by atoms with E-state index in [4.69, 9.17) is 26.3 Å². The van der Waals surface area contributed by atoms with Crippen LogP contribution in [0.4, 0.5) is 33.3 Å². The Hall–Kier alpha value is -7.81. The van der Waals surface area contributed by atoms with E-state index < -0.39 is 57.1 Å². The van der Waals surface area contributed by atoms with E-state index >= 15 is 22.0 Å². The fourth-order valence-corrected chi connectivity index (χ4v) is 6.48. The van der Waals surface area contributed by atoms with Crippen molar-refractivity contribution in [1.29, 1.82) is 21.0 Å². The molecule has 240 valence electrons. The summed E-state index contributed by atoms with van der Waals surface area (Å²) >= 11 is 0. The molecule has 3 aromatic rings. The number of hydrogen-bond acceptors (Lipinski definition) is 4. The van der Waals surface area contributed by atoms with Gasteiger partial charge in [0.15, 0.2) is 22.8 Å². The summed E-state index contributed by atoms with van der Waals surface area (Å²) in [7, 11) is 0. The van der Waals surface area contributed by atoms with E-state index in [2.05, 4.69) is 19.4 Å². The van der Waals surface area contributed by atoms with Crippen LogP contribution in [-0.2, 0) is 0 Å². The van der Waals surface area contributed by atoms with Gasteiger partial charge in [-0.1, -0.05) is 19.1 Å². The van der Waals surface area contributed by atoms with Gasteiger partial charge in [0.25, 0.3) is 6.43 Å². The Morgan fingerprint density at radius 3 is 1.73 bits per heavy atom. The van der Waals surface area contributed by atoms with Gasteiger partial charge in [0, 0.05) is 27.8 Å². The molecule has 0 saturated carbocycles. The van der Waals surface area contributed by atoms with Crippen molar-refractivity contribution in [3.8, 4) is 24.3 Å². The maximum absolute atomic E-state index is 15.6. The van der Waals surface area contributed by atoms with Gasteiger partial charge in [-0.25, -0.2) is 28.2 Å². The lowest BCUT2D eigenvalue weighted by molar-refractivity contribution is -0.0862. The normalized spacial score (nSPS) is 14.9. The third-order valence-corrected chi connectivity index (χ3v) is 8.36. The molecule has 0 atom stereocenters. The number of rotatable bonds is 3. The number of fused-ring (bicyclic) bond motifs is 2. The molecule has 0 amide bonds. The van der Waals surface area contributed by atoms with Gasteiger partial charge >= 0.3 is 6.18 Å². The molecule has 0 aromatic heterocycles. The highest BCUT2D eigenvalue weighted by Crippen LogP contribution is 2.60. The number of halogens is 5. The van der Waals surface area contributed by atoms with Crippen molar-refractivity contribution in [2.24, 2.45) is 0 Å². The van der Waals surface area contributed by atoms with Crippen LogP contribution in [0.1, 0.15) is 69.0 Å². The third kappa shape index (κ3) is 5.23. The number of hydrogen-bond donors (Lipinski definition) is 0. The van der Waals surface area contributed by atoms with E-state index in [1.165, 1.54) is 38.1 Å². The van der Waals surface area contributed by atoms with Crippen LogP contribution in [0.5, 0.6) is 0 Å². The summed E-state index contributed by atoms with van der Waals surface area (Å²) in [5, 5.41) is 39.7. The summed E-state index contributed by atoms with van der Waals surface area (Å²) in [6.45, 7) is 33.4. The van der Waals surface area contributed by atoms with Gasteiger partial charge in [-0.15, -0.1) is 0 Å². The van der Waals surface area contributed by atoms with E-state index in [1.807, 2.05) is 6.07 Å². The van der Waals surface area contributed by atoms with E-state index in [9.17, 15) is 21.0 Å². The number of allylic oxidation sites excluding steroid dienone is 6. The molecule has 0 radical (unpaired) electrons. The zero-order valence-corrected chi connectivity index (χ0v) is 26.0. The van der Waals surface area contributed by atoms with Crippen LogP contribution >= 0.6 is 0 Å². The summed E-state index contributed by atoms with van der Waals surface area (Å²) < 4.78 is 76.5. The highest BCUT2D eigenvalue weighted by molar-refractivity contribution is 6.20. The first-order chi connectivity index (χ1) is 24.3. The molecule has 0 fully saturated rings. The van der Waals surface area contributed by atoms with Crippen LogP contribution in [0.2, 0.25) is 0 Å². The minimum absolute atomic E-state index is 0.000569. The Bertz CT molecular complexity index is 2580. The van der Waals surface area contributed by atoms with Crippen molar-refractivity contribution in [2.45, 2.75) is 26.4 Å². The van der Waals surface area contributed by atoms with Crippen LogP contribution in [0.3, 0.4) is 0 Å². The summed E-state index contributed by atoms with van der Waals surface area (Å²) in [5.74, 6) is 0. The van der Waals surface area contributed by atoms with Crippen molar-refractivity contribution >= 4 is 45.1 Å². The first kappa shape index (κ1) is 34.5. The number of nitriles is 4. The summed E-state index contributed by atoms with van der Waals surface area (Å²) in [6.07, 6.45) is -9.01. The first-order valence-corrected chi connectivity index (χ1v) is 14.2. The largest absolute Gasteiger partial charge is 0.418 e. The van der Waals surface area contributed by atoms with Crippen LogP contribution in [0.15, 0.2) is 47.5 Å². The van der Waals surface area contributed by atoms with Crippen LogP contribution in [-0.4, -0.2) is 6.18 Å². The molecule has 0 heterocycles. The van der Waals surface area contributed by atoms with Gasteiger partial charge in [0.2, 0.25) is 0 Å². The predicted octanol–water partition coefficient (Wildman–Crippen LogP) is 10.5. The monoisotopic (exact) mass is 676 g/mol. The third-order valence-electron chi connectivity index (χ3n) is 8.36. The highest BCUT2D eigenvalue weighted by Gasteiger charge is 2.49. The maximum atomic E-state index is 15.6. The van der Waals surface area contributed by atoms with Crippen molar-refractivity contribution in [2.75, 3.05) is 0 Å². The number of nitrogens with zero attached hydrogens (tertiary/aromatic N) is 8. The zero-order chi connectivity index (χ0) is 37.5.